The Morgan fingerprint density at radius 3 is 2.57 bits per heavy atom. The average Bonchev–Trinajstić information content (AvgIpc) is 3.38. The lowest BCUT2D eigenvalue weighted by molar-refractivity contribution is -0.113. The fourth-order valence-electron chi connectivity index (χ4n) is 4.34. The van der Waals surface area contributed by atoms with E-state index in [1.807, 2.05) is 13.8 Å². The number of rotatable bonds is 7. The molecule has 10 nitrogen and oxygen atoms in total. The van der Waals surface area contributed by atoms with Gasteiger partial charge in [0.25, 0.3) is 5.56 Å². The Bertz CT molecular complexity index is 1430. The third kappa shape index (κ3) is 4.56. The molecular formula is C23H29N5O5S2. The highest BCUT2D eigenvalue weighted by Gasteiger charge is 2.28. The van der Waals surface area contributed by atoms with Crippen LogP contribution in [-0.4, -0.2) is 42.9 Å². The number of carbonyl (C=O) groups is 2. The summed E-state index contributed by atoms with van der Waals surface area (Å²) in [5.41, 5.74) is 1.18. The number of amides is 1. The van der Waals surface area contributed by atoms with Crippen molar-refractivity contribution >= 4 is 51.1 Å². The van der Waals surface area contributed by atoms with Crippen molar-refractivity contribution in [2.75, 3.05) is 17.7 Å². The molecule has 3 aromatic heterocycles. The highest BCUT2D eigenvalue weighted by atomic mass is 32.2. The summed E-state index contributed by atoms with van der Waals surface area (Å²) in [6.07, 6.45) is 3.76. The first-order chi connectivity index (χ1) is 16.6. The zero-order chi connectivity index (χ0) is 25.4. The van der Waals surface area contributed by atoms with Crippen LogP contribution in [0.5, 0.6) is 0 Å². The second-order valence-electron chi connectivity index (χ2n) is 8.71. The average molecular weight is 520 g/mol. The first kappa shape index (κ1) is 25.2. The highest BCUT2D eigenvalue weighted by Crippen LogP contribution is 2.38. The molecule has 1 amide bonds. The first-order valence-electron chi connectivity index (χ1n) is 11.6. The van der Waals surface area contributed by atoms with Gasteiger partial charge < -0.3 is 14.6 Å². The minimum atomic E-state index is -0.460. The van der Waals surface area contributed by atoms with Gasteiger partial charge in [0.2, 0.25) is 5.91 Å². The molecule has 0 atom stereocenters. The molecule has 3 aromatic rings. The molecule has 1 aliphatic carbocycles. The predicted molar refractivity (Wildman–Crippen MR) is 137 cm³/mol. The maximum Gasteiger partial charge on any atom is 0.341 e. The normalized spacial score (nSPS) is 13.3. The number of imidazole rings is 1. The van der Waals surface area contributed by atoms with E-state index in [1.165, 1.54) is 34.7 Å². The Morgan fingerprint density at radius 1 is 1.17 bits per heavy atom. The summed E-state index contributed by atoms with van der Waals surface area (Å²) in [6.45, 7) is 5.85. The quantitative estimate of drug-likeness (QED) is 0.377. The fraction of sp³-hybridized carbons (Fsp3) is 0.522. The molecule has 4 rings (SSSR count). The van der Waals surface area contributed by atoms with Crippen LogP contribution < -0.4 is 16.6 Å². The Labute approximate surface area is 210 Å². The smallest absolute Gasteiger partial charge is 0.341 e. The highest BCUT2D eigenvalue weighted by molar-refractivity contribution is 7.99. The van der Waals surface area contributed by atoms with E-state index < -0.39 is 17.2 Å². The van der Waals surface area contributed by atoms with Crippen LogP contribution in [0.15, 0.2) is 14.7 Å². The molecule has 0 saturated heterocycles. The number of nitrogens with one attached hydrogen (secondary N) is 1. The number of hydrogen-bond donors (Lipinski definition) is 1. The number of carbonyl (C=O) groups excluding carboxylic acids is 2. The topological polar surface area (TPSA) is 117 Å². The van der Waals surface area contributed by atoms with Gasteiger partial charge in [0.1, 0.15) is 5.00 Å². The van der Waals surface area contributed by atoms with Gasteiger partial charge in [-0.2, -0.15) is 0 Å². The molecular weight excluding hydrogens is 490 g/mol. The van der Waals surface area contributed by atoms with E-state index in [9.17, 15) is 19.2 Å². The van der Waals surface area contributed by atoms with Gasteiger partial charge in [0.15, 0.2) is 16.3 Å². The lowest BCUT2D eigenvalue weighted by Crippen LogP contribution is -2.37. The lowest BCUT2D eigenvalue weighted by atomic mass is 9.95. The second-order valence-corrected chi connectivity index (χ2v) is 10.8. The van der Waals surface area contributed by atoms with Crippen LogP contribution in [0.1, 0.15) is 60.5 Å². The number of thioether (sulfide) groups is 1. The summed E-state index contributed by atoms with van der Waals surface area (Å²) in [7, 11) is 3.00. The largest absolute Gasteiger partial charge is 0.462 e. The van der Waals surface area contributed by atoms with Crippen LogP contribution in [0, 0.1) is 0 Å². The van der Waals surface area contributed by atoms with Gasteiger partial charge in [-0.05, 0) is 52.0 Å². The molecule has 188 valence electrons. The molecule has 1 N–H and O–H groups in total. The van der Waals surface area contributed by atoms with E-state index in [1.54, 1.807) is 18.5 Å². The van der Waals surface area contributed by atoms with Gasteiger partial charge in [-0.3, -0.25) is 18.7 Å². The van der Waals surface area contributed by atoms with Crippen LogP contribution >= 0.6 is 23.1 Å². The molecule has 0 unspecified atom stereocenters. The molecule has 0 radical (unpaired) electrons. The molecule has 1 aliphatic rings. The minimum absolute atomic E-state index is 0.0230. The molecule has 0 spiro atoms. The minimum Gasteiger partial charge on any atom is -0.462 e. The van der Waals surface area contributed by atoms with Gasteiger partial charge in [0, 0.05) is 25.0 Å². The van der Waals surface area contributed by atoms with Crippen LogP contribution in [0.4, 0.5) is 5.00 Å². The zero-order valence-corrected chi connectivity index (χ0v) is 22.1. The molecule has 0 bridgehead atoms. The number of nitrogens with zero attached hydrogens (tertiary/aromatic N) is 4. The van der Waals surface area contributed by atoms with Gasteiger partial charge in [-0.15, -0.1) is 11.3 Å². The van der Waals surface area contributed by atoms with E-state index in [4.69, 9.17) is 4.74 Å². The van der Waals surface area contributed by atoms with E-state index in [2.05, 4.69) is 10.3 Å². The third-order valence-electron chi connectivity index (χ3n) is 6.01. The number of ether oxygens (including phenoxy) is 1. The van der Waals surface area contributed by atoms with Crippen molar-refractivity contribution in [3.63, 3.8) is 0 Å². The number of fused-ring (bicyclic) bond motifs is 2. The number of esters is 1. The van der Waals surface area contributed by atoms with Crippen molar-refractivity contribution in [3.8, 4) is 0 Å². The van der Waals surface area contributed by atoms with Crippen LogP contribution in [-0.2, 0) is 36.5 Å². The summed E-state index contributed by atoms with van der Waals surface area (Å²) in [6, 6.07) is -0.116. The Hall–Kier alpha value is -2.86. The predicted octanol–water partition coefficient (Wildman–Crippen LogP) is 2.86. The third-order valence-corrected chi connectivity index (χ3v) is 8.17. The van der Waals surface area contributed by atoms with Gasteiger partial charge in [-0.1, -0.05) is 11.8 Å². The summed E-state index contributed by atoms with van der Waals surface area (Å²) in [5, 5.41) is 3.90. The number of hydrogen-bond acceptors (Lipinski definition) is 8. The number of aryl methyl sites for hydroxylation is 2. The fourth-order valence-corrected chi connectivity index (χ4v) is 6.56. The first-order valence-corrected chi connectivity index (χ1v) is 13.4. The van der Waals surface area contributed by atoms with Crippen molar-refractivity contribution in [1.29, 1.82) is 0 Å². The van der Waals surface area contributed by atoms with Crippen molar-refractivity contribution in [3.05, 3.63) is 36.8 Å². The monoisotopic (exact) mass is 519 g/mol. The van der Waals surface area contributed by atoms with E-state index >= 15 is 0 Å². The Kier molecular flexibility index (Phi) is 7.22. The van der Waals surface area contributed by atoms with E-state index in [0.29, 0.717) is 21.2 Å². The molecule has 35 heavy (non-hydrogen) atoms. The van der Waals surface area contributed by atoms with Crippen molar-refractivity contribution in [1.82, 2.24) is 18.7 Å². The molecule has 0 saturated carbocycles. The second kappa shape index (κ2) is 10.0. The van der Waals surface area contributed by atoms with Crippen molar-refractivity contribution in [2.45, 2.75) is 57.7 Å². The standard InChI is InChI=1S/C23H29N5O5S2/c1-6-33-21(31)16-13-9-7-8-10-14(13)35-19(16)24-15(29)11-34-22-25-18-17(28(22)12(2)3)20(30)27(5)23(32)26(18)4/h12H,6-11H2,1-5H3,(H,24,29). The summed E-state index contributed by atoms with van der Waals surface area (Å²) in [5.74, 6) is -0.675. The maximum atomic E-state index is 12.9. The number of thiophene rings is 1. The van der Waals surface area contributed by atoms with E-state index in [-0.39, 0.29) is 30.0 Å². The lowest BCUT2D eigenvalue weighted by Gasteiger charge is -2.13. The molecule has 0 aliphatic heterocycles. The van der Waals surface area contributed by atoms with Crippen molar-refractivity contribution in [2.24, 2.45) is 14.1 Å². The van der Waals surface area contributed by atoms with Crippen LogP contribution in [0.2, 0.25) is 0 Å². The molecule has 0 fully saturated rings. The Balaban J connectivity index is 1.62. The summed E-state index contributed by atoms with van der Waals surface area (Å²) < 4.78 is 9.40. The molecule has 3 heterocycles. The number of aromatic nitrogens is 4. The van der Waals surface area contributed by atoms with Crippen LogP contribution in [0.3, 0.4) is 0 Å². The zero-order valence-electron chi connectivity index (χ0n) is 20.5. The van der Waals surface area contributed by atoms with Crippen molar-refractivity contribution < 1.29 is 14.3 Å². The SMILES string of the molecule is CCOC(=O)c1c(NC(=O)CSc2nc3c(c(=O)n(C)c(=O)n3C)n2C(C)C)sc2c1CCCC2. The maximum absolute atomic E-state index is 12.9. The van der Waals surface area contributed by atoms with Crippen LogP contribution in [0.25, 0.3) is 11.2 Å². The van der Waals surface area contributed by atoms with Gasteiger partial charge in [0.05, 0.1) is 17.9 Å². The summed E-state index contributed by atoms with van der Waals surface area (Å²) in [4.78, 5) is 56.4. The Morgan fingerprint density at radius 2 is 1.89 bits per heavy atom. The van der Waals surface area contributed by atoms with Gasteiger partial charge in [-0.25, -0.2) is 14.6 Å². The molecule has 0 aromatic carbocycles. The van der Waals surface area contributed by atoms with Gasteiger partial charge >= 0.3 is 11.7 Å². The summed E-state index contributed by atoms with van der Waals surface area (Å²) >= 11 is 2.62. The number of anilines is 1. The molecule has 12 heteroatoms. The van der Waals surface area contributed by atoms with E-state index in [0.717, 1.165) is 40.7 Å².